The third-order valence-electron chi connectivity index (χ3n) is 2.92. The van der Waals surface area contributed by atoms with Crippen LogP contribution in [0, 0.1) is 0 Å². The van der Waals surface area contributed by atoms with E-state index in [2.05, 4.69) is 11.0 Å². The first-order chi connectivity index (χ1) is 7.22. The van der Waals surface area contributed by atoms with Crippen LogP contribution in [0.25, 0.3) is 0 Å². The third kappa shape index (κ3) is 2.09. The molecule has 0 aromatic heterocycles. The van der Waals surface area contributed by atoms with Gasteiger partial charge in [0, 0.05) is 26.2 Å². The van der Waals surface area contributed by atoms with E-state index in [1.54, 1.807) is 0 Å². The topological polar surface area (TPSA) is 55.3 Å². The summed E-state index contributed by atoms with van der Waals surface area (Å²) < 4.78 is 0. The summed E-state index contributed by atoms with van der Waals surface area (Å²) in [7, 11) is 0. The van der Waals surface area contributed by atoms with Crippen molar-refractivity contribution in [2.75, 3.05) is 25.4 Å². The zero-order chi connectivity index (χ0) is 10.8. The molecule has 3 nitrogen and oxygen atoms in total. The second-order valence-electron chi connectivity index (χ2n) is 3.91. The molecule has 2 rings (SSSR count). The predicted octanol–water partition coefficient (Wildman–Crippen LogP) is 1.24. The maximum atomic E-state index is 5.98. The monoisotopic (exact) mass is 225 g/mol. The summed E-state index contributed by atoms with van der Waals surface area (Å²) in [6, 6.07) is 3.94. The first-order valence-electron chi connectivity index (χ1n) is 5.20. The van der Waals surface area contributed by atoms with Crippen LogP contribution in [0.5, 0.6) is 0 Å². The van der Waals surface area contributed by atoms with Crippen molar-refractivity contribution >= 4 is 17.3 Å². The number of anilines is 1. The van der Waals surface area contributed by atoms with Gasteiger partial charge in [-0.1, -0.05) is 17.7 Å². The molecule has 4 heteroatoms. The highest BCUT2D eigenvalue weighted by Crippen LogP contribution is 2.29. The minimum absolute atomic E-state index is 0.668. The molecule has 4 N–H and O–H groups in total. The fraction of sp³-hybridized carbons (Fsp3) is 0.455. The minimum atomic E-state index is 0.668. The molecule has 15 heavy (non-hydrogen) atoms. The van der Waals surface area contributed by atoms with Gasteiger partial charge in [0.15, 0.2) is 0 Å². The van der Waals surface area contributed by atoms with E-state index in [0.717, 1.165) is 31.7 Å². The number of halogens is 1. The molecule has 0 aliphatic carbocycles. The normalized spacial score (nSPS) is 16.4. The third-order valence-corrected chi connectivity index (χ3v) is 3.25. The number of benzene rings is 1. The molecule has 0 saturated carbocycles. The second-order valence-corrected chi connectivity index (χ2v) is 4.32. The van der Waals surface area contributed by atoms with E-state index >= 15 is 0 Å². The molecule has 82 valence electrons. The highest BCUT2D eigenvalue weighted by Gasteiger charge is 2.18. The minimum Gasteiger partial charge on any atom is -0.397 e. The molecule has 0 saturated heterocycles. The Morgan fingerprint density at radius 2 is 2.20 bits per heavy atom. The number of hydrogen-bond donors (Lipinski definition) is 2. The molecule has 0 unspecified atom stereocenters. The van der Waals surface area contributed by atoms with E-state index in [1.165, 1.54) is 11.1 Å². The van der Waals surface area contributed by atoms with Gasteiger partial charge in [0.1, 0.15) is 0 Å². The SMILES string of the molecule is NCCN1CCc2c(ccc(Cl)c2N)C1. The van der Waals surface area contributed by atoms with Crippen LogP contribution in [-0.2, 0) is 13.0 Å². The number of rotatable bonds is 2. The molecule has 0 fully saturated rings. The van der Waals surface area contributed by atoms with Gasteiger partial charge in [0.05, 0.1) is 10.7 Å². The Morgan fingerprint density at radius 1 is 1.40 bits per heavy atom. The van der Waals surface area contributed by atoms with Gasteiger partial charge < -0.3 is 11.5 Å². The van der Waals surface area contributed by atoms with Crippen LogP contribution in [-0.4, -0.2) is 24.5 Å². The average molecular weight is 226 g/mol. The van der Waals surface area contributed by atoms with Gasteiger partial charge in [-0.2, -0.15) is 0 Å². The summed E-state index contributed by atoms with van der Waals surface area (Å²) in [5, 5.41) is 0.668. The van der Waals surface area contributed by atoms with E-state index in [1.807, 2.05) is 6.07 Å². The van der Waals surface area contributed by atoms with Gasteiger partial charge in [-0.25, -0.2) is 0 Å². The lowest BCUT2D eigenvalue weighted by Gasteiger charge is -2.29. The van der Waals surface area contributed by atoms with Crippen molar-refractivity contribution in [2.24, 2.45) is 5.73 Å². The second kappa shape index (κ2) is 4.39. The van der Waals surface area contributed by atoms with Gasteiger partial charge in [-0.15, -0.1) is 0 Å². The van der Waals surface area contributed by atoms with Crippen molar-refractivity contribution in [1.29, 1.82) is 0 Å². The number of fused-ring (bicyclic) bond motifs is 1. The number of hydrogen-bond acceptors (Lipinski definition) is 3. The van der Waals surface area contributed by atoms with Crippen molar-refractivity contribution < 1.29 is 0 Å². The molecule has 0 bridgehead atoms. The van der Waals surface area contributed by atoms with Gasteiger partial charge in [0.25, 0.3) is 0 Å². The molecule has 0 spiro atoms. The Kier molecular flexibility index (Phi) is 3.14. The quantitative estimate of drug-likeness (QED) is 0.745. The molecule has 1 aromatic rings. The predicted molar refractivity (Wildman–Crippen MR) is 63.9 cm³/mol. The largest absolute Gasteiger partial charge is 0.397 e. The Morgan fingerprint density at radius 3 is 2.93 bits per heavy atom. The maximum Gasteiger partial charge on any atom is 0.0638 e. The first kappa shape index (κ1) is 10.7. The lowest BCUT2D eigenvalue weighted by molar-refractivity contribution is 0.262. The Hall–Kier alpha value is -0.770. The van der Waals surface area contributed by atoms with Crippen LogP contribution < -0.4 is 11.5 Å². The zero-order valence-corrected chi connectivity index (χ0v) is 9.43. The molecular formula is C11H16ClN3. The smallest absolute Gasteiger partial charge is 0.0638 e. The van der Waals surface area contributed by atoms with Crippen molar-refractivity contribution in [1.82, 2.24) is 4.90 Å². The fourth-order valence-corrected chi connectivity index (χ4v) is 2.26. The van der Waals surface area contributed by atoms with Crippen LogP contribution in [0.3, 0.4) is 0 Å². The Labute approximate surface area is 95.0 Å². The van der Waals surface area contributed by atoms with Gasteiger partial charge in [-0.05, 0) is 23.6 Å². The van der Waals surface area contributed by atoms with Crippen molar-refractivity contribution in [3.8, 4) is 0 Å². The molecular weight excluding hydrogens is 210 g/mol. The average Bonchev–Trinajstić information content (AvgIpc) is 2.24. The van der Waals surface area contributed by atoms with Crippen molar-refractivity contribution in [2.45, 2.75) is 13.0 Å². The van der Waals surface area contributed by atoms with E-state index < -0.39 is 0 Å². The van der Waals surface area contributed by atoms with Crippen LogP contribution in [0.2, 0.25) is 5.02 Å². The van der Waals surface area contributed by atoms with Crippen LogP contribution in [0.15, 0.2) is 12.1 Å². The van der Waals surface area contributed by atoms with E-state index in [0.29, 0.717) is 11.6 Å². The van der Waals surface area contributed by atoms with Gasteiger partial charge in [0.2, 0.25) is 0 Å². The summed E-state index contributed by atoms with van der Waals surface area (Å²) in [6.45, 7) is 3.61. The standard InChI is InChI=1S/C11H16ClN3/c12-10-2-1-8-7-15(6-4-13)5-3-9(8)11(10)14/h1-2H,3-7,13-14H2. The van der Waals surface area contributed by atoms with E-state index in [-0.39, 0.29) is 0 Å². The number of nitrogens with two attached hydrogens (primary N) is 2. The van der Waals surface area contributed by atoms with Gasteiger partial charge >= 0.3 is 0 Å². The molecule has 1 aliphatic heterocycles. The molecule has 1 aliphatic rings. The molecule has 0 amide bonds. The Balaban J connectivity index is 2.24. The highest BCUT2D eigenvalue weighted by molar-refractivity contribution is 6.33. The summed E-state index contributed by atoms with van der Waals surface area (Å²) in [5.74, 6) is 0. The maximum absolute atomic E-state index is 5.98. The Bertz CT molecular complexity index is 365. The molecule has 1 aromatic carbocycles. The first-order valence-corrected chi connectivity index (χ1v) is 5.58. The molecule has 0 atom stereocenters. The van der Waals surface area contributed by atoms with Crippen molar-refractivity contribution in [3.05, 3.63) is 28.3 Å². The summed E-state index contributed by atoms with van der Waals surface area (Å²) in [5.41, 5.74) is 14.8. The highest BCUT2D eigenvalue weighted by atomic mass is 35.5. The lowest BCUT2D eigenvalue weighted by Crippen LogP contribution is -2.34. The van der Waals surface area contributed by atoms with Crippen LogP contribution in [0.4, 0.5) is 5.69 Å². The summed E-state index contributed by atoms with van der Waals surface area (Å²) >= 11 is 5.98. The molecule has 0 radical (unpaired) electrons. The van der Waals surface area contributed by atoms with Crippen LogP contribution >= 0.6 is 11.6 Å². The summed E-state index contributed by atoms with van der Waals surface area (Å²) in [4.78, 5) is 2.34. The van der Waals surface area contributed by atoms with Crippen LogP contribution in [0.1, 0.15) is 11.1 Å². The lowest BCUT2D eigenvalue weighted by atomic mass is 9.98. The number of nitrogen functional groups attached to an aromatic ring is 1. The number of nitrogens with zero attached hydrogens (tertiary/aromatic N) is 1. The van der Waals surface area contributed by atoms with Gasteiger partial charge in [-0.3, -0.25) is 4.90 Å². The molecule has 1 heterocycles. The van der Waals surface area contributed by atoms with E-state index in [4.69, 9.17) is 23.1 Å². The van der Waals surface area contributed by atoms with E-state index in [9.17, 15) is 0 Å². The summed E-state index contributed by atoms with van der Waals surface area (Å²) in [6.07, 6.45) is 0.974. The fourth-order valence-electron chi connectivity index (χ4n) is 2.09. The van der Waals surface area contributed by atoms with Crippen molar-refractivity contribution in [3.63, 3.8) is 0 Å². The zero-order valence-electron chi connectivity index (χ0n) is 8.67.